The van der Waals surface area contributed by atoms with E-state index in [1.165, 1.54) is 0 Å². The van der Waals surface area contributed by atoms with Crippen LogP contribution in [0.25, 0.3) is 11.0 Å². The summed E-state index contributed by atoms with van der Waals surface area (Å²) in [7, 11) is 0. The molecule has 0 amide bonds. The summed E-state index contributed by atoms with van der Waals surface area (Å²) in [5.41, 5.74) is 3.56. The topological polar surface area (TPSA) is 96.5 Å². The summed E-state index contributed by atoms with van der Waals surface area (Å²) in [6, 6.07) is 7.60. The van der Waals surface area contributed by atoms with Crippen LogP contribution in [0.1, 0.15) is 54.5 Å². The predicted molar refractivity (Wildman–Crippen MR) is 115 cm³/mol. The number of hydrogen-bond donors (Lipinski definition) is 1. The molecule has 0 saturated carbocycles. The highest BCUT2D eigenvalue weighted by Crippen LogP contribution is 2.38. The molecule has 1 unspecified atom stereocenters. The molecular weight excluding hydrogens is 376 g/mol. The van der Waals surface area contributed by atoms with Crippen molar-refractivity contribution in [2.45, 2.75) is 45.1 Å². The number of aromatic nitrogens is 4. The van der Waals surface area contributed by atoms with E-state index in [0.717, 1.165) is 42.3 Å². The number of nitrogens with zero attached hydrogens (tertiary/aromatic N) is 5. The second kappa shape index (κ2) is 8.46. The molecule has 3 aromatic rings. The number of anilines is 1. The molecule has 0 spiro atoms. The molecular formula is C23H24N6O. The molecule has 1 aliphatic rings. The van der Waals surface area contributed by atoms with Gasteiger partial charge in [-0.05, 0) is 29.7 Å². The number of benzene rings is 1. The van der Waals surface area contributed by atoms with Crippen molar-refractivity contribution >= 4 is 22.8 Å². The van der Waals surface area contributed by atoms with Gasteiger partial charge in [-0.15, -0.1) is 6.58 Å². The van der Waals surface area contributed by atoms with E-state index in [2.05, 4.69) is 35.0 Å². The van der Waals surface area contributed by atoms with Gasteiger partial charge in [0.1, 0.15) is 0 Å². The third-order valence-electron chi connectivity index (χ3n) is 5.40. The van der Waals surface area contributed by atoms with Crippen molar-refractivity contribution in [3.63, 3.8) is 0 Å². The van der Waals surface area contributed by atoms with Crippen molar-refractivity contribution < 1.29 is 4.79 Å². The van der Waals surface area contributed by atoms with E-state index in [4.69, 9.17) is 4.98 Å². The summed E-state index contributed by atoms with van der Waals surface area (Å²) < 4.78 is 1.89. The van der Waals surface area contributed by atoms with Crippen LogP contribution in [0.2, 0.25) is 0 Å². The van der Waals surface area contributed by atoms with Crippen LogP contribution >= 0.6 is 0 Å². The molecule has 0 aliphatic heterocycles. The Morgan fingerprint density at radius 2 is 2.23 bits per heavy atom. The number of Topliss-reactive ketones (excluding diaryl/α,β-unsaturated/α-hetero) is 1. The predicted octanol–water partition coefficient (Wildman–Crippen LogP) is 3.74. The van der Waals surface area contributed by atoms with E-state index in [1.54, 1.807) is 18.2 Å². The molecule has 0 saturated heterocycles. The van der Waals surface area contributed by atoms with Crippen molar-refractivity contribution in [3.8, 4) is 6.07 Å². The Morgan fingerprint density at radius 1 is 1.37 bits per heavy atom. The van der Waals surface area contributed by atoms with Gasteiger partial charge in [-0.25, -0.2) is 4.98 Å². The van der Waals surface area contributed by atoms with Crippen molar-refractivity contribution in [2.24, 2.45) is 0 Å². The van der Waals surface area contributed by atoms with Gasteiger partial charge in [-0.3, -0.25) is 9.48 Å². The minimum atomic E-state index is -0.517. The Labute approximate surface area is 175 Å². The summed E-state index contributed by atoms with van der Waals surface area (Å²) in [5.74, 6) is -0.0150. The van der Waals surface area contributed by atoms with Gasteiger partial charge >= 0.3 is 0 Å². The largest absolute Gasteiger partial charge is 0.351 e. The van der Waals surface area contributed by atoms with E-state index in [9.17, 15) is 10.1 Å². The molecule has 7 nitrogen and oxygen atoms in total. The van der Waals surface area contributed by atoms with E-state index in [-0.39, 0.29) is 5.78 Å². The molecule has 1 aliphatic carbocycles. The second-order valence-corrected chi connectivity index (χ2v) is 7.54. The van der Waals surface area contributed by atoms with Gasteiger partial charge in [0, 0.05) is 25.7 Å². The quantitative estimate of drug-likeness (QED) is 0.457. The van der Waals surface area contributed by atoms with Gasteiger partial charge in [0.05, 0.1) is 28.6 Å². The number of fused-ring (bicyclic) bond motifs is 2. The molecule has 30 heavy (non-hydrogen) atoms. The third-order valence-corrected chi connectivity index (χ3v) is 5.40. The SMILES string of the molecule is C=CCNc1nc(C2C(=O)Cc3ccc(C#N)cc32)c2cn(CCCCC)nc2n1. The van der Waals surface area contributed by atoms with Gasteiger partial charge in [-0.1, -0.05) is 31.9 Å². The van der Waals surface area contributed by atoms with E-state index in [1.807, 2.05) is 16.9 Å². The van der Waals surface area contributed by atoms with Crippen LogP contribution in [-0.2, 0) is 17.8 Å². The number of unbranched alkanes of at least 4 members (excludes halogenated alkanes) is 2. The van der Waals surface area contributed by atoms with Crippen LogP contribution in [0.15, 0.2) is 37.1 Å². The van der Waals surface area contributed by atoms with Crippen molar-refractivity contribution in [1.82, 2.24) is 19.7 Å². The monoisotopic (exact) mass is 400 g/mol. The second-order valence-electron chi connectivity index (χ2n) is 7.54. The molecule has 0 radical (unpaired) electrons. The maximum atomic E-state index is 13.0. The van der Waals surface area contributed by atoms with Crippen LogP contribution in [-0.4, -0.2) is 32.1 Å². The number of nitrogens with one attached hydrogen (secondary N) is 1. The molecule has 2 heterocycles. The smallest absolute Gasteiger partial charge is 0.225 e. The first kappa shape index (κ1) is 19.8. The molecule has 2 aromatic heterocycles. The summed E-state index contributed by atoms with van der Waals surface area (Å²) in [6.45, 7) is 7.20. The Balaban J connectivity index is 1.83. The van der Waals surface area contributed by atoms with Crippen LogP contribution in [0.4, 0.5) is 5.95 Å². The number of carbonyl (C=O) groups excluding carboxylic acids is 1. The average Bonchev–Trinajstić information content (AvgIpc) is 3.31. The van der Waals surface area contributed by atoms with Crippen molar-refractivity contribution in [2.75, 3.05) is 11.9 Å². The minimum Gasteiger partial charge on any atom is -0.351 e. The molecule has 0 fully saturated rings. The van der Waals surface area contributed by atoms with Crippen molar-refractivity contribution in [1.29, 1.82) is 5.26 Å². The Morgan fingerprint density at radius 3 is 3.00 bits per heavy atom. The molecule has 1 N–H and O–H groups in total. The van der Waals surface area contributed by atoms with E-state index < -0.39 is 5.92 Å². The molecule has 7 heteroatoms. The summed E-state index contributed by atoms with van der Waals surface area (Å²) in [6.07, 6.45) is 7.31. The van der Waals surface area contributed by atoms with E-state index in [0.29, 0.717) is 35.8 Å². The molecule has 1 aromatic carbocycles. The highest BCUT2D eigenvalue weighted by molar-refractivity contribution is 5.98. The lowest BCUT2D eigenvalue weighted by molar-refractivity contribution is -0.118. The zero-order valence-electron chi connectivity index (χ0n) is 17.1. The maximum absolute atomic E-state index is 13.0. The zero-order valence-corrected chi connectivity index (χ0v) is 17.1. The maximum Gasteiger partial charge on any atom is 0.225 e. The molecule has 152 valence electrons. The summed E-state index contributed by atoms with van der Waals surface area (Å²) >= 11 is 0. The lowest BCUT2D eigenvalue weighted by atomic mass is 9.94. The Bertz CT molecular complexity index is 1160. The van der Waals surface area contributed by atoms with Gasteiger partial charge in [0.2, 0.25) is 5.95 Å². The first-order chi connectivity index (χ1) is 14.6. The van der Waals surface area contributed by atoms with Crippen molar-refractivity contribution in [3.05, 3.63) is 59.4 Å². The van der Waals surface area contributed by atoms with Crippen LogP contribution in [0.5, 0.6) is 0 Å². The first-order valence-electron chi connectivity index (χ1n) is 10.3. The summed E-state index contributed by atoms with van der Waals surface area (Å²) in [5, 5.41) is 17.9. The van der Waals surface area contributed by atoms with Gasteiger partial charge < -0.3 is 5.32 Å². The van der Waals surface area contributed by atoms with Crippen LogP contribution in [0.3, 0.4) is 0 Å². The lowest BCUT2D eigenvalue weighted by Crippen LogP contribution is -2.13. The van der Waals surface area contributed by atoms with Crippen LogP contribution < -0.4 is 5.32 Å². The number of nitriles is 1. The number of rotatable bonds is 8. The third kappa shape index (κ3) is 3.69. The average molecular weight is 400 g/mol. The van der Waals surface area contributed by atoms with Gasteiger partial charge in [-0.2, -0.15) is 15.3 Å². The normalized spacial score (nSPS) is 15.2. The molecule has 4 rings (SSSR count). The first-order valence-corrected chi connectivity index (χ1v) is 10.3. The molecule has 1 atom stereocenters. The van der Waals surface area contributed by atoms with Gasteiger partial charge in [0.25, 0.3) is 0 Å². The zero-order chi connectivity index (χ0) is 21.1. The standard InChI is InChI=1S/C23H24N6O/c1-3-5-6-10-29-14-18-21(26-23(25-9-4-2)27-22(18)28-29)20-17-11-15(13-24)7-8-16(17)12-19(20)30/h4,7-8,11,14,20H,2-3,5-6,9-10,12H2,1H3,(H,25,27,28). The number of aryl methyl sites for hydroxylation is 1. The fraction of sp³-hybridized carbons (Fsp3) is 0.348. The highest BCUT2D eigenvalue weighted by Gasteiger charge is 2.35. The Hall–Kier alpha value is -3.53. The van der Waals surface area contributed by atoms with Crippen LogP contribution in [0, 0.1) is 11.3 Å². The minimum absolute atomic E-state index is 0.0773. The fourth-order valence-electron chi connectivity index (χ4n) is 3.93. The van der Waals surface area contributed by atoms with Gasteiger partial charge in [0.15, 0.2) is 11.4 Å². The fourth-order valence-corrected chi connectivity index (χ4v) is 3.93. The number of carbonyl (C=O) groups is 1. The number of ketones is 1. The lowest BCUT2D eigenvalue weighted by Gasteiger charge is -2.13. The van der Waals surface area contributed by atoms with E-state index >= 15 is 0 Å². The number of hydrogen-bond acceptors (Lipinski definition) is 6. The summed E-state index contributed by atoms with van der Waals surface area (Å²) in [4.78, 5) is 22.3. The Kier molecular flexibility index (Phi) is 5.57. The molecule has 0 bridgehead atoms. The highest BCUT2D eigenvalue weighted by atomic mass is 16.1.